The van der Waals surface area contributed by atoms with Crippen molar-refractivity contribution in [3.8, 4) is 17.1 Å². The first-order valence-electron chi connectivity index (χ1n) is 5.44. The van der Waals surface area contributed by atoms with Crippen molar-refractivity contribution in [2.75, 3.05) is 7.11 Å². The van der Waals surface area contributed by atoms with Gasteiger partial charge in [0.1, 0.15) is 11.6 Å². The Balaban J connectivity index is 2.61. The fourth-order valence-electron chi connectivity index (χ4n) is 1.60. The largest absolute Gasteiger partial charge is 0.497 e. The van der Waals surface area contributed by atoms with Gasteiger partial charge in [-0.15, -0.1) is 0 Å². The van der Waals surface area contributed by atoms with Gasteiger partial charge in [0, 0.05) is 5.69 Å². The number of nitrogens with zero attached hydrogens (tertiary/aromatic N) is 2. The first-order valence-corrected chi connectivity index (χ1v) is 5.44. The molecule has 98 valence electrons. The number of halogens is 1. The highest BCUT2D eigenvalue weighted by atomic mass is 19.1. The summed E-state index contributed by atoms with van der Waals surface area (Å²) < 4.78 is 18.8. The molecule has 0 saturated carbocycles. The Bertz CT molecular complexity index is 644. The third-order valence-corrected chi connectivity index (χ3v) is 2.49. The van der Waals surface area contributed by atoms with E-state index in [-0.39, 0.29) is 17.1 Å². The Morgan fingerprint density at radius 3 is 2.68 bits per heavy atom. The molecule has 0 amide bonds. The summed E-state index contributed by atoms with van der Waals surface area (Å²) in [5.74, 6) is -1.26. The van der Waals surface area contributed by atoms with Crippen molar-refractivity contribution in [3.05, 3.63) is 41.5 Å². The molecule has 0 unspecified atom stereocenters. The predicted molar refractivity (Wildman–Crippen MR) is 65.7 cm³/mol. The van der Waals surface area contributed by atoms with Crippen molar-refractivity contribution in [1.82, 2.24) is 9.97 Å². The highest BCUT2D eigenvalue weighted by Gasteiger charge is 2.14. The van der Waals surface area contributed by atoms with Crippen LogP contribution >= 0.6 is 0 Å². The maximum Gasteiger partial charge on any atom is 0.354 e. The van der Waals surface area contributed by atoms with E-state index >= 15 is 0 Å². The zero-order chi connectivity index (χ0) is 14.0. The molecule has 1 aromatic heterocycles. The fourth-order valence-corrected chi connectivity index (χ4v) is 1.60. The van der Waals surface area contributed by atoms with Crippen molar-refractivity contribution < 1.29 is 19.0 Å². The van der Waals surface area contributed by atoms with Crippen molar-refractivity contribution in [1.29, 1.82) is 0 Å². The molecule has 6 heteroatoms. The van der Waals surface area contributed by atoms with Gasteiger partial charge in [-0.1, -0.05) is 0 Å². The molecule has 0 fully saturated rings. The number of carboxylic acid groups (broad SMARTS) is 1. The minimum atomic E-state index is -1.19. The summed E-state index contributed by atoms with van der Waals surface area (Å²) in [6, 6.07) is 5.44. The number of hydrogen-bond acceptors (Lipinski definition) is 4. The summed E-state index contributed by atoms with van der Waals surface area (Å²) in [5.41, 5.74) is 0.375. The molecule has 0 radical (unpaired) electrons. The summed E-state index contributed by atoms with van der Waals surface area (Å²) in [4.78, 5) is 18.8. The number of methoxy groups -OCH3 is 1. The van der Waals surface area contributed by atoms with Gasteiger partial charge in [0.05, 0.1) is 12.7 Å². The average molecular weight is 262 g/mol. The fraction of sp³-hybridized carbons (Fsp3) is 0.154. The monoisotopic (exact) mass is 262 g/mol. The van der Waals surface area contributed by atoms with Gasteiger partial charge in [-0.3, -0.25) is 0 Å². The number of benzene rings is 1. The van der Waals surface area contributed by atoms with Gasteiger partial charge in [-0.25, -0.2) is 19.2 Å². The molecular weight excluding hydrogens is 251 g/mol. The molecule has 0 aliphatic carbocycles. The molecular formula is C13H11FN2O3. The van der Waals surface area contributed by atoms with E-state index in [0.717, 1.165) is 0 Å². The van der Waals surface area contributed by atoms with Crippen LogP contribution in [0.3, 0.4) is 0 Å². The minimum absolute atomic E-state index is 0.0220. The quantitative estimate of drug-likeness (QED) is 0.918. The Morgan fingerprint density at radius 1 is 1.32 bits per heavy atom. The number of aromatic carboxylic acids is 1. The lowest BCUT2D eigenvalue weighted by Crippen LogP contribution is -2.05. The van der Waals surface area contributed by atoms with Crippen LogP contribution in [-0.2, 0) is 0 Å². The van der Waals surface area contributed by atoms with Gasteiger partial charge >= 0.3 is 5.97 Å². The van der Waals surface area contributed by atoms with E-state index in [4.69, 9.17) is 9.84 Å². The predicted octanol–water partition coefficient (Wildman–Crippen LogP) is 2.30. The second-order valence-corrected chi connectivity index (χ2v) is 3.87. The van der Waals surface area contributed by atoms with Crippen LogP contribution in [0.1, 0.15) is 16.2 Å². The molecule has 1 heterocycles. The van der Waals surface area contributed by atoms with Gasteiger partial charge in [0.2, 0.25) is 0 Å². The molecule has 0 spiro atoms. The molecule has 0 saturated heterocycles. The molecule has 0 aliphatic rings. The smallest absolute Gasteiger partial charge is 0.354 e. The number of ether oxygens (including phenoxy) is 1. The van der Waals surface area contributed by atoms with E-state index in [2.05, 4.69) is 9.97 Å². The molecule has 0 atom stereocenters. The van der Waals surface area contributed by atoms with Crippen molar-refractivity contribution in [2.24, 2.45) is 0 Å². The lowest BCUT2D eigenvalue weighted by Gasteiger charge is -2.06. The first kappa shape index (κ1) is 12.9. The number of carboxylic acids is 1. The zero-order valence-corrected chi connectivity index (χ0v) is 10.3. The van der Waals surface area contributed by atoms with E-state index < -0.39 is 11.8 Å². The van der Waals surface area contributed by atoms with Crippen LogP contribution in [0.25, 0.3) is 11.4 Å². The summed E-state index contributed by atoms with van der Waals surface area (Å²) in [7, 11) is 1.46. The molecule has 0 bridgehead atoms. The van der Waals surface area contributed by atoms with Gasteiger partial charge in [0.25, 0.3) is 0 Å². The van der Waals surface area contributed by atoms with Crippen LogP contribution in [0.2, 0.25) is 0 Å². The second-order valence-electron chi connectivity index (χ2n) is 3.87. The Kier molecular flexibility index (Phi) is 3.41. The lowest BCUT2D eigenvalue weighted by molar-refractivity contribution is 0.0690. The van der Waals surface area contributed by atoms with Gasteiger partial charge < -0.3 is 9.84 Å². The first-order chi connectivity index (χ1) is 9.01. The van der Waals surface area contributed by atoms with Crippen LogP contribution < -0.4 is 4.74 Å². The zero-order valence-electron chi connectivity index (χ0n) is 10.3. The lowest BCUT2D eigenvalue weighted by atomic mass is 10.1. The molecule has 1 aromatic carbocycles. The molecule has 2 aromatic rings. The summed E-state index contributed by atoms with van der Waals surface area (Å²) in [5, 5.41) is 8.94. The topological polar surface area (TPSA) is 72.3 Å². The summed E-state index contributed by atoms with van der Waals surface area (Å²) in [6.45, 7) is 1.62. The Morgan fingerprint density at radius 2 is 2.05 bits per heavy atom. The molecule has 1 N–H and O–H groups in total. The maximum atomic E-state index is 13.8. The Labute approximate surface area is 108 Å². The van der Waals surface area contributed by atoms with E-state index in [1.807, 2.05) is 0 Å². The van der Waals surface area contributed by atoms with E-state index in [1.54, 1.807) is 6.92 Å². The van der Waals surface area contributed by atoms with Gasteiger partial charge in [-0.05, 0) is 31.2 Å². The average Bonchev–Trinajstić information content (AvgIpc) is 2.38. The SMILES string of the molecule is COc1ccc(F)c(-c2nc(C)cc(C(=O)O)n2)c1. The van der Waals surface area contributed by atoms with E-state index in [9.17, 15) is 9.18 Å². The third kappa shape index (κ3) is 2.67. The van der Waals surface area contributed by atoms with Gasteiger partial charge in [0.15, 0.2) is 11.5 Å². The van der Waals surface area contributed by atoms with Crippen molar-refractivity contribution in [2.45, 2.75) is 6.92 Å². The number of hydrogen-bond donors (Lipinski definition) is 1. The van der Waals surface area contributed by atoms with Gasteiger partial charge in [-0.2, -0.15) is 0 Å². The number of rotatable bonds is 3. The molecule has 19 heavy (non-hydrogen) atoms. The van der Waals surface area contributed by atoms with Crippen LogP contribution in [0.15, 0.2) is 24.3 Å². The standard InChI is InChI=1S/C13H11FN2O3/c1-7-5-11(13(17)18)16-12(15-7)9-6-8(19-2)3-4-10(9)14/h3-6H,1-2H3,(H,17,18). The normalized spacial score (nSPS) is 10.3. The second kappa shape index (κ2) is 5.01. The van der Waals surface area contributed by atoms with E-state index in [0.29, 0.717) is 11.4 Å². The van der Waals surface area contributed by atoms with E-state index in [1.165, 1.54) is 31.4 Å². The maximum absolute atomic E-state index is 13.8. The third-order valence-electron chi connectivity index (χ3n) is 2.49. The van der Waals surface area contributed by atoms with Crippen LogP contribution in [0.4, 0.5) is 4.39 Å². The minimum Gasteiger partial charge on any atom is -0.497 e. The van der Waals surface area contributed by atoms with Crippen molar-refractivity contribution >= 4 is 5.97 Å². The molecule has 5 nitrogen and oxygen atoms in total. The van der Waals surface area contributed by atoms with Crippen LogP contribution in [-0.4, -0.2) is 28.2 Å². The highest BCUT2D eigenvalue weighted by Crippen LogP contribution is 2.24. The number of carbonyl (C=O) groups is 1. The Hall–Kier alpha value is -2.50. The number of aryl methyl sites for hydroxylation is 1. The molecule has 2 rings (SSSR count). The summed E-state index contributed by atoms with van der Waals surface area (Å²) >= 11 is 0. The number of aromatic nitrogens is 2. The van der Waals surface area contributed by atoms with Crippen LogP contribution in [0.5, 0.6) is 5.75 Å². The summed E-state index contributed by atoms with van der Waals surface area (Å²) in [6.07, 6.45) is 0. The molecule has 0 aliphatic heterocycles. The van der Waals surface area contributed by atoms with Crippen LogP contribution in [0, 0.1) is 12.7 Å². The van der Waals surface area contributed by atoms with Crippen molar-refractivity contribution in [3.63, 3.8) is 0 Å². The highest BCUT2D eigenvalue weighted by molar-refractivity contribution is 5.86.